The molecule has 31 heavy (non-hydrogen) atoms. The molecule has 0 saturated heterocycles. The van der Waals surface area contributed by atoms with Gasteiger partial charge in [-0.1, -0.05) is 29.8 Å². The average Bonchev–Trinajstić information content (AvgIpc) is 3.04. The minimum atomic E-state index is -0.309. The fraction of sp³-hybridized carbons (Fsp3) is 0.167. The van der Waals surface area contributed by atoms with E-state index in [9.17, 15) is 14.4 Å². The summed E-state index contributed by atoms with van der Waals surface area (Å²) >= 11 is 5.99. The Kier molecular flexibility index (Phi) is 6.09. The Balaban J connectivity index is 1.44. The third-order valence-electron chi connectivity index (χ3n) is 5.14. The predicted molar refractivity (Wildman–Crippen MR) is 118 cm³/mol. The van der Waals surface area contributed by atoms with E-state index in [0.717, 1.165) is 5.69 Å². The highest BCUT2D eigenvalue weighted by atomic mass is 35.5. The number of nitrogens with zero attached hydrogens (tertiary/aromatic N) is 3. The summed E-state index contributed by atoms with van der Waals surface area (Å²) < 4.78 is 0. The van der Waals surface area contributed by atoms with Crippen LogP contribution in [-0.2, 0) is 11.3 Å². The maximum absolute atomic E-state index is 13.1. The first kappa shape index (κ1) is 20.8. The van der Waals surface area contributed by atoms with E-state index < -0.39 is 0 Å². The second-order valence-corrected chi connectivity index (χ2v) is 7.62. The van der Waals surface area contributed by atoms with Crippen molar-refractivity contribution in [3.8, 4) is 0 Å². The minimum absolute atomic E-state index is 0.121. The Morgan fingerprint density at radius 2 is 1.55 bits per heavy atom. The first-order valence-electron chi connectivity index (χ1n) is 9.95. The number of pyridine rings is 1. The highest BCUT2D eigenvalue weighted by Crippen LogP contribution is 2.24. The summed E-state index contributed by atoms with van der Waals surface area (Å²) in [5, 5.41) is 0.583. The number of fused-ring (bicyclic) bond motifs is 1. The van der Waals surface area contributed by atoms with Gasteiger partial charge in [-0.25, -0.2) is 0 Å². The van der Waals surface area contributed by atoms with E-state index in [-0.39, 0.29) is 30.7 Å². The zero-order valence-electron chi connectivity index (χ0n) is 16.7. The van der Waals surface area contributed by atoms with Crippen LogP contribution in [0.25, 0.3) is 0 Å². The highest BCUT2D eigenvalue weighted by Gasteiger charge is 2.34. The molecular formula is C24H20ClN3O3. The van der Waals surface area contributed by atoms with Crippen LogP contribution in [0.4, 0.5) is 5.69 Å². The van der Waals surface area contributed by atoms with E-state index in [1.807, 2.05) is 18.2 Å². The van der Waals surface area contributed by atoms with Crippen molar-refractivity contribution in [1.29, 1.82) is 0 Å². The van der Waals surface area contributed by atoms with Crippen LogP contribution >= 0.6 is 11.6 Å². The lowest BCUT2D eigenvalue weighted by molar-refractivity contribution is -0.118. The summed E-state index contributed by atoms with van der Waals surface area (Å²) in [4.78, 5) is 45.2. The van der Waals surface area contributed by atoms with Crippen LogP contribution in [0.5, 0.6) is 0 Å². The summed E-state index contributed by atoms with van der Waals surface area (Å²) in [6.07, 6.45) is 2.24. The number of halogens is 1. The maximum Gasteiger partial charge on any atom is 0.261 e. The van der Waals surface area contributed by atoms with Gasteiger partial charge in [0.15, 0.2) is 0 Å². The van der Waals surface area contributed by atoms with Crippen molar-refractivity contribution < 1.29 is 14.4 Å². The predicted octanol–water partition coefficient (Wildman–Crippen LogP) is 4.34. The molecule has 0 fully saturated rings. The molecule has 0 radical (unpaired) electrons. The van der Waals surface area contributed by atoms with E-state index in [2.05, 4.69) is 4.98 Å². The van der Waals surface area contributed by atoms with E-state index in [4.69, 9.17) is 11.6 Å². The standard InChI is InChI=1S/C24H20ClN3O3/c25-17-10-12-19(13-11-17)28(16-18-6-3-4-14-26-18)22(29)9-5-15-27-23(30)20-7-1-2-8-21(20)24(27)31/h1-4,6-8,10-14H,5,9,15-16H2. The second kappa shape index (κ2) is 9.10. The van der Waals surface area contributed by atoms with Crippen molar-refractivity contribution in [1.82, 2.24) is 9.88 Å². The number of rotatable bonds is 7. The molecule has 0 saturated carbocycles. The average molecular weight is 434 g/mol. The number of aromatic nitrogens is 1. The van der Waals surface area contributed by atoms with Crippen molar-refractivity contribution in [2.75, 3.05) is 11.4 Å². The molecule has 4 rings (SSSR count). The normalized spacial score (nSPS) is 12.7. The highest BCUT2D eigenvalue weighted by molar-refractivity contribution is 6.30. The van der Waals surface area contributed by atoms with Gasteiger partial charge in [-0.15, -0.1) is 0 Å². The molecule has 6 nitrogen and oxygen atoms in total. The minimum Gasteiger partial charge on any atom is -0.306 e. The summed E-state index contributed by atoms with van der Waals surface area (Å²) in [7, 11) is 0. The second-order valence-electron chi connectivity index (χ2n) is 7.19. The van der Waals surface area contributed by atoms with Crippen molar-refractivity contribution in [2.45, 2.75) is 19.4 Å². The van der Waals surface area contributed by atoms with E-state index in [0.29, 0.717) is 34.8 Å². The Hall–Kier alpha value is -3.51. The molecule has 1 aliphatic heterocycles. The third kappa shape index (κ3) is 4.49. The lowest BCUT2D eigenvalue weighted by atomic mass is 10.1. The van der Waals surface area contributed by atoms with Gasteiger partial charge in [-0.2, -0.15) is 0 Å². The molecule has 0 bridgehead atoms. The lowest BCUT2D eigenvalue weighted by Gasteiger charge is -2.23. The molecule has 3 amide bonds. The maximum atomic E-state index is 13.1. The van der Waals surface area contributed by atoms with Gasteiger partial charge in [-0.3, -0.25) is 24.3 Å². The first-order chi connectivity index (χ1) is 15.0. The molecule has 3 aromatic rings. The quantitative estimate of drug-likeness (QED) is 0.519. The molecule has 0 atom stereocenters. The smallest absolute Gasteiger partial charge is 0.261 e. The first-order valence-corrected chi connectivity index (χ1v) is 10.3. The zero-order chi connectivity index (χ0) is 21.8. The van der Waals surface area contributed by atoms with E-state index in [1.165, 1.54) is 4.90 Å². The van der Waals surface area contributed by atoms with Crippen LogP contribution in [0.2, 0.25) is 5.02 Å². The van der Waals surface area contributed by atoms with E-state index >= 15 is 0 Å². The number of benzene rings is 2. The molecule has 2 heterocycles. The number of carbonyl (C=O) groups excluding carboxylic acids is 3. The number of hydrogen-bond acceptors (Lipinski definition) is 4. The number of hydrogen-bond donors (Lipinski definition) is 0. The summed E-state index contributed by atoms with van der Waals surface area (Å²) in [6.45, 7) is 0.504. The lowest BCUT2D eigenvalue weighted by Crippen LogP contribution is -2.33. The fourth-order valence-corrected chi connectivity index (χ4v) is 3.69. The Labute approximate surface area is 185 Å². The van der Waals surface area contributed by atoms with Gasteiger partial charge < -0.3 is 4.90 Å². The molecular weight excluding hydrogens is 414 g/mol. The molecule has 0 aliphatic carbocycles. The summed E-state index contributed by atoms with van der Waals surface area (Å²) in [5.74, 6) is -0.739. The molecule has 2 aromatic carbocycles. The summed E-state index contributed by atoms with van der Waals surface area (Å²) in [6, 6.07) is 19.3. The topological polar surface area (TPSA) is 70.6 Å². The van der Waals surface area contributed by atoms with Crippen LogP contribution in [0.15, 0.2) is 72.9 Å². The third-order valence-corrected chi connectivity index (χ3v) is 5.39. The van der Waals surface area contributed by atoms with Crippen LogP contribution in [0.3, 0.4) is 0 Å². The molecule has 1 aliphatic rings. The van der Waals surface area contributed by atoms with Crippen LogP contribution in [-0.4, -0.2) is 34.2 Å². The van der Waals surface area contributed by atoms with Gasteiger partial charge in [0.1, 0.15) is 0 Å². The Bertz CT molecular complexity index is 1080. The van der Waals surface area contributed by atoms with E-state index in [1.54, 1.807) is 59.6 Å². The van der Waals surface area contributed by atoms with Crippen LogP contribution in [0.1, 0.15) is 39.3 Å². The van der Waals surface area contributed by atoms with Crippen molar-refractivity contribution >= 4 is 35.0 Å². The van der Waals surface area contributed by atoms with Gasteiger partial charge in [0, 0.05) is 29.9 Å². The number of imide groups is 1. The van der Waals surface area contributed by atoms with Gasteiger partial charge in [0.25, 0.3) is 11.8 Å². The monoisotopic (exact) mass is 433 g/mol. The molecule has 7 heteroatoms. The van der Waals surface area contributed by atoms with Gasteiger partial charge in [0.05, 0.1) is 23.4 Å². The van der Waals surface area contributed by atoms with Crippen molar-refractivity contribution in [3.63, 3.8) is 0 Å². The molecule has 1 aromatic heterocycles. The SMILES string of the molecule is O=C1c2ccccc2C(=O)N1CCCC(=O)N(Cc1ccccn1)c1ccc(Cl)cc1. The van der Waals surface area contributed by atoms with Gasteiger partial charge >= 0.3 is 0 Å². The Morgan fingerprint density at radius 3 is 2.16 bits per heavy atom. The number of anilines is 1. The van der Waals surface area contributed by atoms with Gasteiger partial charge in [0.2, 0.25) is 5.91 Å². The largest absolute Gasteiger partial charge is 0.306 e. The molecule has 0 unspecified atom stereocenters. The summed E-state index contributed by atoms with van der Waals surface area (Å²) in [5.41, 5.74) is 2.29. The fourth-order valence-electron chi connectivity index (χ4n) is 3.56. The van der Waals surface area contributed by atoms with Gasteiger partial charge in [-0.05, 0) is 55.0 Å². The molecule has 156 valence electrons. The number of amides is 3. The van der Waals surface area contributed by atoms with Crippen molar-refractivity contribution in [2.24, 2.45) is 0 Å². The zero-order valence-corrected chi connectivity index (χ0v) is 17.5. The molecule has 0 spiro atoms. The number of carbonyl (C=O) groups is 3. The Morgan fingerprint density at radius 1 is 0.903 bits per heavy atom. The molecule has 0 N–H and O–H groups in total. The van der Waals surface area contributed by atoms with Crippen molar-refractivity contribution in [3.05, 3.63) is 94.8 Å². The van der Waals surface area contributed by atoms with Crippen LogP contribution < -0.4 is 4.90 Å². The van der Waals surface area contributed by atoms with Crippen LogP contribution in [0, 0.1) is 0 Å².